The van der Waals surface area contributed by atoms with Gasteiger partial charge in [0.1, 0.15) is 11.6 Å². The summed E-state index contributed by atoms with van der Waals surface area (Å²) in [5.74, 6) is -0.751. The molecule has 0 atom stereocenters. The zero-order chi connectivity index (χ0) is 25.1. The molecule has 0 bridgehead atoms. The summed E-state index contributed by atoms with van der Waals surface area (Å²) in [6, 6.07) is 16.3. The van der Waals surface area contributed by atoms with Crippen LogP contribution in [0, 0.1) is 11.6 Å². The highest BCUT2D eigenvalue weighted by Gasteiger charge is 2.23. The molecule has 2 aromatic carbocycles. The first-order valence-electron chi connectivity index (χ1n) is 12.0. The summed E-state index contributed by atoms with van der Waals surface area (Å²) in [5, 5.41) is 7.50. The van der Waals surface area contributed by atoms with Gasteiger partial charge in [-0.1, -0.05) is 24.3 Å². The first kappa shape index (κ1) is 23.8. The van der Waals surface area contributed by atoms with Crippen LogP contribution in [-0.2, 0) is 13.6 Å². The molecule has 1 saturated heterocycles. The van der Waals surface area contributed by atoms with E-state index in [-0.39, 0.29) is 23.6 Å². The molecule has 0 unspecified atom stereocenters. The van der Waals surface area contributed by atoms with Gasteiger partial charge in [-0.25, -0.2) is 8.78 Å². The molecule has 4 aromatic rings. The smallest absolute Gasteiger partial charge is 0.253 e. The van der Waals surface area contributed by atoms with Crippen molar-refractivity contribution in [2.75, 3.05) is 13.1 Å². The van der Waals surface area contributed by atoms with Crippen molar-refractivity contribution < 1.29 is 13.6 Å². The summed E-state index contributed by atoms with van der Waals surface area (Å²) in [5.41, 5.74) is 4.54. The molecule has 1 N–H and O–H groups in total. The molecule has 2 aromatic heterocycles. The quantitative estimate of drug-likeness (QED) is 0.424. The van der Waals surface area contributed by atoms with E-state index in [0.29, 0.717) is 23.4 Å². The van der Waals surface area contributed by atoms with Gasteiger partial charge in [0, 0.05) is 55.6 Å². The molecule has 1 aliphatic rings. The van der Waals surface area contributed by atoms with Crippen molar-refractivity contribution in [1.29, 1.82) is 0 Å². The Kier molecular flexibility index (Phi) is 6.86. The predicted molar refractivity (Wildman–Crippen MR) is 134 cm³/mol. The van der Waals surface area contributed by atoms with Crippen molar-refractivity contribution >= 4 is 5.91 Å². The maximum absolute atomic E-state index is 13.8. The van der Waals surface area contributed by atoms with E-state index in [1.807, 2.05) is 19.3 Å². The summed E-state index contributed by atoms with van der Waals surface area (Å²) in [7, 11) is 1.87. The van der Waals surface area contributed by atoms with Gasteiger partial charge in [-0.2, -0.15) is 5.10 Å². The van der Waals surface area contributed by atoms with Crippen molar-refractivity contribution in [2.45, 2.75) is 25.4 Å². The molecule has 184 valence electrons. The van der Waals surface area contributed by atoms with Crippen LogP contribution in [0.5, 0.6) is 0 Å². The molecule has 5 rings (SSSR count). The first-order valence-corrected chi connectivity index (χ1v) is 12.0. The second-order valence-electron chi connectivity index (χ2n) is 9.12. The first-order chi connectivity index (χ1) is 17.5. The molecule has 1 amide bonds. The topological polar surface area (TPSA) is 63.1 Å². The number of aromatic nitrogens is 3. The zero-order valence-corrected chi connectivity index (χ0v) is 20.0. The van der Waals surface area contributed by atoms with Crippen LogP contribution in [0.25, 0.3) is 22.5 Å². The molecule has 0 aliphatic carbocycles. The number of rotatable bonds is 6. The molecular formula is C28H27F2N5O. The van der Waals surface area contributed by atoms with Gasteiger partial charge in [0.15, 0.2) is 0 Å². The van der Waals surface area contributed by atoms with Gasteiger partial charge >= 0.3 is 0 Å². The highest BCUT2D eigenvalue weighted by Crippen LogP contribution is 2.26. The highest BCUT2D eigenvalue weighted by atomic mass is 19.1. The lowest BCUT2D eigenvalue weighted by molar-refractivity contribution is 0.0908. The van der Waals surface area contributed by atoms with Crippen LogP contribution in [-0.4, -0.2) is 44.7 Å². The van der Waals surface area contributed by atoms with E-state index < -0.39 is 0 Å². The number of halogens is 2. The Labute approximate surface area is 208 Å². The minimum absolute atomic E-state index is 0.0771. The number of nitrogens with one attached hydrogen (secondary N) is 1. The molecule has 1 fully saturated rings. The van der Waals surface area contributed by atoms with E-state index in [2.05, 4.69) is 20.3 Å². The maximum atomic E-state index is 13.8. The van der Waals surface area contributed by atoms with Crippen LogP contribution in [0.2, 0.25) is 0 Å². The van der Waals surface area contributed by atoms with E-state index in [9.17, 15) is 13.6 Å². The van der Waals surface area contributed by atoms with Crippen LogP contribution < -0.4 is 5.32 Å². The monoisotopic (exact) mass is 487 g/mol. The lowest BCUT2D eigenvalue weighted by atomic mass is 10.0. The largest absolute Gasteiger partial charge is 0.349 e. The molecule has 0 saturated carbocycles. The normalized spacial score (nSPS) is 14.6. The van der Waals surface area contributed by atoms with Crippen LogP contribution >= 0.6 is 0 Å². The maximum Gasteiger partial charge on any atom is 0.253 e. The van der Waals surface area contributed by atoms with Gasteiger partial charge in [0.05, 0.1) is 23.1 Å². The number of amides is 1. The fourth-order valence-corrected chi connectivity index (χ4v) is 4.70. The summed E-state index contributed by atoms with van der Waals surface area (Å²) in [6.45, 7) is 2.38. The van der Waals surface area contributed by atoms with E-state index in [0.717, 1.165) is 42.8 Å². The summed E-state index contributed by atoms with van der Waals surface area (Å²) in [6.07, 6.45) is 5.03. The van der Waals surface area contributed by atoms with E-state index in [1.165, 1.54) is 30.5 Å². The van der Waals surface area contributed by atoms with Gasteiger partial charge in [0.25, 0.3) is 5.91 Å². The number of piperidine rings is 1. The number of aryl methyl sites for hydroxylation is 1. The molecule has 0 spiro atoms. The average Bonchev–Trinajstić information content (AvgIpc) is 3.25. The SMILES string of the molecule is Cn1ncc(CN2CCC(NC(=O)c3ccc(-c4cccc(F)c4)nc3)CC2)c1-c1cccc(F)c1. The summed E-state index contributed by atoms with van der Waals surface area (Å²) in [4.78, 5) is 19.4. The second kappa shape index (κ2) is 10.4. The zero-order valence-electron chi connectivity index (χ0n) is 20.0. The van der Waals surface area contributed by atoms with Gasteiger partial charge in [-0.3, -0.25) is 19.4 Å². The van der Waals surface area contributed by atoms with Crippen molar-refractivity contribution in [3.63, 3.8) is 0 Å². The van der Waals surface area contributed by atoms with E-state index >= 15 is 0 Å². The van der Waals surface area contributed by atoms with Gasteiger partial charge < -0.3 is 5.32 Å². The van der Waals surface area contributed by atoms with Crippen molar-refractivity contribution in [3.05, 3.63) is 95.8 Å². The Balaban J connectivity index is 1.16. The lowest BCUT2D eigenvalue weighted by Gasteiger charge is -2.32. The Morgan fingerprint density at radius 2 is 1.67 bits per heavy atom. The third-order valence-corrected chi connectivity index (χ3v) is 6.58. The van der Waals surface area contributed by atoms with Crippen molar-refractivity contribution in [3.8, 4) is 22.5 Å². The standard InChI is InChI=1S/C28H27F2N5O/c1-34-27(20-5-3-7-24(30)15-20)22(17-32-34)18-35-12-10-25(11-13-35)33-28(36)21-8-9-26(31-16-21)19-4-2-6-23(29)14-19/h2-9,14-17,25H,10-13,18H2,1H3,(H,33,36). The van der Waals surface area contributed by atoms with Crippen LogP contribution in [0.3, 0.4) is 0 Å². The lowest BCUT2D eigenvalue weighted by Crippen LogP contribution is -2.44. The summed E-state index contributed by atoms with van der Waals surface area (Å²) >= 11 is 0. The van der Waals surface area contributed by atoms with Crippen LogP contribution in [0.1, 0.15) is 28.8 Å². The van der Waals surface area contributed by atoms with Gasteiger partial charge in [-0.05, 0) is 49.2 Å². The van der Waals surface area contributed by atoms with Crippen LogP contribution in [0.15, 0.2) is 73.1 Å². The Morgan fingerprint density at radius 1 is 0.972 bits per heavy atom. The predicted octanol–water partition coefficient (Wildman–Crippen LogP) is 4.82. The number of likely N-dealkylation sites (tertiary alicyclic amines) is 1. The molecule has 0 radical (unpaired) electrons. The Bertz CT molecular complexity index is 1360. The Morgan fingerprint density at radius 3 is 2.33 bits per heavy atom. The fourth-order valence-electron chi connectivity index (χ4n) is 4.70. The number of hydrogen-bond donors (Lipinski definition) is 1. The number of carbonyl (C=O) groups excluding carboxylic acids is 1. The highest BCUT2D eigenvalue weighted by molar-refractivity contribution is 5.94. The molecule has 3 heterocycles. The van der Waals surface area contributed by atoms with Crippen LogP contribution in [0.4, 0.5) is 8.78 Å². The number of hydrogen-bond acceptors (Lipinski definition) is 4. The number of nitrogens with zero attached hydrogens (tertiary/aromatic N) is 4. The van der Waals surface area contributed by atoms with Gasteiger partial charge in [-0.15, -0.1) is 0 Å². The number of carbonyl (C=O) groups is 1. The van der Waals surface area contributed by atoms with Gasteiger partial charge in [0.2, 0.25) is 0 Å². The molecule has 8 heteroatoms. The third kappa shape index (κ3) is 5.33. The number of pyridine rings is 1. The fraction of sp³-hybridized carbons (Fsp3) is 0.250. The summed E-state index contributed by atoms with van der Waals surface area (Å²) < 4.78 is 29.0. The minimum Gasteiger partial charge on any atom is -0.349 e. The average molecular weight is 488 g/mol. The Hall–Kier alpha value is -3.91. The molecule has 1 aliphatic heterocycles. The third-order valence-electron chi connectivity index (χ3n) is 6.58. The minimum atomic E-state index is -0.323. The number of benzene rings is 2. The van der Waals surface area contributed by atoms with Crippen molar-refractivity contribution in [2.24, 2.45) is 7.05 Å². The molecule has 6 nitrogen and oxygen atoms in total. The molecular weight excluding hydrogens is 460 g/mol. The van der Waals surface area contributed by atoms with E-state index in [4.69, 9.17) is 0 Å². The molecule has 36 heavy (non-hydrogen) atoms. The van der Waals surface area contributed by atoms with Crippen molar-refractivity contribution in [1.82, 2.24) is 25.0 Å². The van der Waals surface area contributed by atoms with E-state index in [1.54, 1.807) is 35.0 Å². The second-order valence-corrected chi connectivity index (χ2v) is 9.12.